The van der Waals surface area contributed by atoms with Gasteiger partial charge in [-0.05, 0) is 34.5 Å². The zero-order valence-electron chi connectivity index (χ0n) is 17.5. The van der Waals surface area contributed by atoms with E-state index in [1.165, 1.54) is 24.4 Å². The summed E-state index contributed by atoms with van der Waals surface area (Å²) in [4.78, 5) is 14.3. The van der Waals surface area contributed by atoms with E-state index in [0.717, 1.165) is 23.0 Å². The number of hydrogen-bond acceptors (Lipinski definition) is 6. The first kappa shape index (κ1) is 22.7. The number of anilines is 1. The maximum Gasteiger partial charge on any atom is 0.417 e. The Kier molecular flexibility index (Phi) is 6.39. The van der Waals surface area contributed by atoms with Gasteiger partial charge in [-0.3, -0.25) is 15.5 Å². The van der Waals surface area contributed by atoms with Gasteiger partial charge in [0.25, 0.3) is 5.69 Å². The predicted molar refractivity (Wildman–Crippen MR) is 122 cm³/mol. The van der Waals surface area contributed by atoms with Gasteiger partial charge in [-0.1, -0.05) is 42.5 Å². The molecular formula is C24H17F3N4O3. The highest BCUT2D eigenvalue weighted by Crippen LogP contribution is 2.29. The lowest BCUT2D eigenvalue weighted by Crippen LogP contribution is -2.05. The molecule has 4 rings (SSSR count). The van der Waals surface area contributed by atoms with Crippen LogP contribution in [0, 0.1) is 10.1 Å². The first-order valence-electron chi connectivity index (χ1n) is 10.0. The van der Waals surface area contributed by atoms with Crippen LogP contribution in [0.3, 0.4) is 0 Å². The fourth-order valence-corrected chi connectivity index (χ4v) is 3.25. The van der Waals surface area contributed by atoms with E-state index in [1.807, 2.05) is 30.3 Å². The second kappa shape index (κ2) is 9.57. The molecule has 3 aromatic carbocycles. The fourth-order valence-electron chi connectivity index (χ4n) is 3.25. The molecule has 1 heterocycles. The van der Waals surface area contributed by atoms with Crippen molar-refractivity contribution >= 4 is 28.5 Å². The van der Waals surface area contributed by atoms with E-state index in [9.17, 15) is 23.3 Å². The lowest BCUT2D eigenvalue weighted by molar-refractivity contribution is -0.384. The molecule has 0 aliphatic rings. The van der Waals surface area contributed by atoms with Gasteiger partial charge < -0.3 is 4.74 Å². The molecule has 0 amide bonds. The maximum absolute atomic E-state index is 12.7. The van der Waals surface area contributed by atoms with Crippen LogP contribution in [0.4, 0.5) is 24.7 Å². The molecule has 0 saturated heterocycles. The number of nitro groups is 1. The molecule has 0 spiro atoms. The molecule has 0 aliphatic heterocycles. The van der Waals surface area contributed by atoms with E-state index in [1.54, 1.807) is 18.2 Å². The number of halogens is 3. The lowest BCUT2D eigenvalue weighted by Gasteiger charge is -2.12. The zero-order chi connectivity index (χ0) is 24.1. The number of hydrazone groups is 1. The summed E-state index contributed by atoms with van der Waals surface area (Å²) in [6.45, 7) is 0.0920. The number of non-ortho nitro benzene ring substituents is 1. The second-order valence-electron chi connectivity index (χ2n) is 7.21. The second-order valence-corrected chi connectivity index (χ2v) is 7.21. The Bertz CT molecular complexity index is 1360. The summed E-state index contributed by atoms with van der Waals surface area (Å²) in [6.07, 6.45) is -2.25. The van der Waals surface area contributed by atoms with Gasteiger partial charge in [0.2, 0.25) is 0 Å². The van der Waals surface area contributed by atoms with Crippen molar-refractivity contribution in [2.45, 2.75) is 12.8 Å². The van der Waals surface area contributed by atoms with Crippen LogP contribution in [0.25, 0.3) is 10.8 Å². The Morgan fingerprint density at radius 2 is 1.88 bits per heavy atom. The molecule has 0 aliphatic carbocycles. The molecule has 0 unspecified atom stereocenters. The van der Waals surface area contributed by atoms with Crippen molar-refractivity contribution < 1.29 is 22.8 Å². The molecule has 0 bridgehead atoms. The van der Waals surface area contributed by atoms with Crippen molar-refractivity contribution in [2.75, 3.05) is 5.43 Å². The highest BCUT2D eigenvalue weighted by molar-refractivity contribution is 6.02. The van der Waals surface area contributed by atoms with Crippen LogP contribution in [0.2, 0.25) is 0 Å². The highest BCUT2D eigenvalue weighted by Gasteiger charge is 2.30. The lowest BCUT2D eigenvalue weighted by atomic mass is 10.0. The van der Waals surface area contributed by atoms with E-state index >= 15 is 0 Å². The van der Waals surface area contributed by atoms with Crippen LogP contribution >= 0.6 is 0 Å². The third-order valence-corrected chi connectivity index (χ3v) is 4.91. The summed E-state index contributed by atoms with van der Waals surface area (Å²) in [5, 5.41) is 16.9. The summed E-state index contributed by atoms with van der Waals surface area (Å²) in [5.41, 5.74) is 2.98. The van der Waals surface area contributed by atoms with Gasteiger partial charge in [0.05, 0.1) is 16.7 Å². The highest BCUT2D eigenvalue weighted by atomic mass is 19.4. The van der Waals surface area contributed by atoms with Crippen molar-refractivity contribution in [1.29, 1.82) is 0 Å². The van der Waals surface area contributed by atoms with Crippen molar-refractivity contribution in [2.24, 2.45) is 5.10 Å². The summed E-state index contributed by atoms with van der Waals surface area (Å²) in [6, 6.07) is 19.4. The van der Waals surface area contributed by atoms with Gasteiger partial charge >= 0.3 is 6.18 Å². The first-order chi connectivity index (χ1) is 16.3. The molecule has 172 valence electrons. The van der Waals surface area contributed by atoms with Crippen LogP contribution in [-0.2, 0) is 12.8 Å². The topological polar surface area (TPSA) is 89.7 Å². The fraction of sp³-hybridized carbons (Fsp3) is 0.0833. The number of fused-ring (bicyclic) bond motifs is 1. The monoisotopic (exact) mass is 466 g/mol. The standard InChI is InChI=1S/C24H17F3N4O3/c25-24(26,27)18-9-11-23(28-13-18)30-29-14-21-20-7-2-1-5-17(20)8-10-22(21)34-15-16-4-3-6-19(12-16)31(32)33/h1-14H,15H2,(H,28,30)/b29-14-. The Morgan fingerprint density at radius 3 is 2.62 bits per heavy atom. The first-order valence-corrected chi connectivity index (χ1v) is 10.0. The minimum absolute atomic E-state index is 0.0327. The Labute approximate surface area is 191 Å². The van der Waals surface area contributed by atoms with Gasteiger partial charge in [0.1, 0.15) is 18.2 Å². The number of hydrogen-bond donors (Lipinski definition) is 1. The number of benzene rings is 3. The number of aromatic nitrogens is 1. The minimum atomic E-state index is -4.47. The average Bonchev–Trinajstić information content (AvgIpc) is 2.83. The average molecular weight is 466 g/mol. The van der Waals surface area contributed by atoms with Crippen molar-refractivity contribution in [3.63, 3.8) is 0 Å². The van der Waals surface area contributed by atoms with Gasteiger partial charge in [-0.15, -0.1) is 0 Å². The van der Waals surface area contributed by atoms with Gasteiger partial charge in [0.15, 0.2) is 0 Å². The maximum atomic E-state index is 12.7. The Hall–Kier alpha value is -4.47. The third-order valence-electron chi connectivity index (χ3n) is 4.91. The molecule has 34 heavy (non-hydrogen) atoms. The number of alkyl halides is 3. The molecule has 1 N–H and O–H groups in total. The van der Waals surface area contributed by atoms with E-state index in [4.69, 9.17) is 4.74 Å². The number of nitrogens with one attached hydrogen (secondary N) is 1. The summed E-state index contributed by atoms with van der Waals surface area (Å²) < 4.78 is 44.1. The smallest absolute Gasteiger partial charge is 0.417 e. The molecule has 4 aromatic rings. The quantitative estimate of drug-likeness (QED) is 0.199. The SMILES string of the molecule is O=[N+]([O-])c1cccc(COc2ccc3ccccc3c2/C=N\Nc2ccc(C(F)(F)F)cn2)c1. The van der Waals surface area contributed by atoms with Crippen molar-refractivity contribution in [3.05, 3.63) is 106 Å². The molecule has 7 nitrogen and oxygen atoms in total. The van der Waals surface area contributed by atoms with Gasteiger partial charge in [0, 0.05) is 23.9 Å². The molecular weight excluding hydrogens is 449 g/mol. The predicted octanol–water partition coefficient (Wildman–Crippen LogP) is 6.19. The van der Waals surface area contributed by atoms with Crippen LogP contribution in [0.1, 0.15) is 16.7 Å². The van der Waals surface area contributed by atoms with Crippen LogP contribution < -0.4 is 10.2 Å². The normalized spacial score (nSPS) is 11.6. The number of rotatable bonds is 7. The van der Waals surface area contributed by atoms with Gasteiger partial charge in [-0.2, -0.15) is 18.3 Å². The van der Waals surface area contributed by atoms with Crippen molar-refractivity contribution in [1.82, 2.24) is 4.98 Å². The number of nitro benzene ring substituents is 1. The number of nitrogens with zero attached hydrogens (tertiary/aromatic N) is 3. The molecule has 10 heteroatoms. The number of ether oxygens (including phenoxy) is 1. The minimum Gasteiger partial charge on any atom is -0.488 e. The van der Waals surface area contributed by atoms with Crippen LogP contribution in [0.15, 0.2) is 84.1 Å². The Balaban J connectivity index is 1.57. The van der Waals surface area contributed by atoms with Gasteiger partial charge in [-0.25, -0.2) is 4.98 Å². The zero-order valence-corrected chi connectivity index (χ0v) is 17.5. The van der Waals surface area contributed by atoms with Crippen LogP contribution in [0.5, 0.6) is 5.75 Å². The van der Waals surface area contributed by atoms with E-state index < -0.39 is 16.7 Å². The number of pyridine rings is 1. The van der Waals surface area contributed by atoms with E-state index in [0.29, 0.717) is 16.9 Å². The Morgan fingerprint density at radius 1 is 1.06 bits per heavy atom. The van der Waals surface area contributed by atoms with E-state index in [2.05, 4.69) is 15.5 Å². The third kappa shape index (κ3) is 5.29. The van der Waals surface area contributed by atoms with Crippen LogP contribution in [-0.4, -0.2) is 16.1 Å². The molecule has 0 saturated carbocycles. The summed E-state index contributed by atoms with van der Waals surface area (Å²) in [7, 11) is 0. The largest absolute Gasteiger partial charge is 0.488 e. The molecule has 0 fully saturated rings. The molecule has 0 atom stereocenters. The van der Waals surface area contributed by atoms with Crippen molar-refractivity contribution in [3.8, 4) is 5.75 Å². The van der Waals surface area contributed by atoms with E-state index in [-0.39, 0.29) is 18.1 Å². The molecule has 0 radical (unpaired) electrons. The summed E-state index contributed by atoms with van der Waals surface area (Å²) >= 11 is 0. The summed E-state index contributed by atoms with van der Waals surface area (Å²) in [5.74, 6) is 0.625. The molecule has 1 aromatic heterocycles.